The number of hydrogen-bond acceptors (Lipinski definition) is 4. The zero-order valence-electron chi connectivity index (χ0n) is 12.0. The van der Waals surface area contributed by atoms with Crippen LogP contribution in [0.1, 0.15) is 49.5 Å². The van der Waals surface area contributed by atoms with Crippen LogP contribution in [0.5, 0.6) is 0 Å². The van der Waals surface area contributed by atoms with Gasteiger partial charge in [0.2, 0.25) is 0 Å². The summed E-state index contributed by atoms with van der Waals surface area (Å²) >= 11 is 0. The number of nitrogens with zero attached hydrogens (tertiary/aromatic N) is 1. The van der Waals surface area contributed by atoms with Crippen LogP contribution in [0.2, 0.25) is 0 Å². The Morgan fingerprint density at radius 1 is 1.48 bits per heavy atom. The second kappa shape index (κ2) is 6.83. The average Bonchev–Trinajstić information content (AvgIpc) is 2.76. The Hall–Kier alpha value is -1.01. The molecule has 0 aromatic carbocycles. The highest BCUT2D eigenvalue weighted by atomic mass is 35.7. The first-order chi connectivity index (χ1) is 9.91. The molecule has 0 N–H and O–H groups in total. The maximum absolute atomic E-state index is 12.1. The summed E-state index contributed by atoms with van der Waals surface area (Å²) in [6, 6.07) is 1.28. The van der Waals surface area contributed by atoms with E-state index in [0.29, 0.717) is 19.1 Å². The lowest BCUT2D eigenvalue weighted by Gasteiger charge is -2.24. The molecular formula is C14H20ClNO4S. The van der Waals surface area contributed by atoms with Gasteiger partial charge in [0, 0.05) is 23.4 Å². The van der Waals surface area contributed by atoms with Crippen molar-refractivity contribution in [2.75, 3.05) is 6.61 Å². The number of aromatic nitrogens is 1. The smallest absolute Gasteiger partial charge is 0.354 e. The monoisotopic (exact) mass is 333 g/mol. The first-order valence-corrected chi connectivity index (χ1v) is 9.54. The summed E-state index contributed by atoms with van der Waals surface area (Å²) < 4.78 is 29.6. The highest BCUT2D eigenvalue weighted by molar-refractivity contribution is 8.13. The van der Waals surface area contributed by atoms with Crippen LogP contribution in [0.15, 0.2) is 17.2 Å². The van der Waals surface area contributed by atoms with E-state index in [1.54, 1.807) is 4.57 Å². The molecular weight excluding hydrogens is 314 g/mol. The molecule has 1 aliphatic rings. The molecule has 21 heavy (non-hydrogen) atoms. The number of carbonyl (C=O) groups excluding carboxylic acids is 1. The van der Waals surface area contributed by atoms with E-state index in [1.807, 2.05) is 6.92 Å². The summed E-state index contributed by atoms with van der Waals surface area (Å²) in [5, 5.41) is 0. The number of halogens is 1. The molecule has 0 radical (unpaired) electrons. The van der Waals surface area contributed by atoms with Crippen LogP contribution in [0, 0.1) is 5.92 Å². The van der Waals surface area contributed by atoms with Gasteiger partial charge in [-0.3, -0.25) is 0 Å². The van der Waals surface area contributed by atoms with Crippen molar-refractivity contribution in [1.82, 2.24) is 4.57 Å². The number of rotatable bonds is 7. The number of esters is 1. The Morgan fingerprint density at radius 2 is 2.19 bits per heavy atom. The molecule has 1 aromatic rings. The Bertz CT molecular complexity index is 604. The van der Waals surface area contributed by atoms with E-state index in [-0.39, 0.29) is 10.6 Å². The van der Waals surface area contributed by atoms with Gasteiger partial charge in [-0.2, -0.15) is 0 Å². The predicted octanol–water partition coefficient (Wildman–Crippen LogP) is 3.17. The number of ether oxygens (including phenoxy) is 1. The van der Waals surface area contributed by atoms with Gasteiger partial charge in [-0.15, -0.1) is 0 Å². The van der Waals surface area contributed by atoms with Crippen LogP contribution >= 0.6 is 10.7 Å². The summed E-state index contributed by atoms with van der Waals surface area (Å²) in [6.45, 7) is 2.86. The predicted molar refractivity (Wildman–Crippen MR) is 80.0 cm³/mol. The van der Waals surface area contributed by atoms with Gasteiger partial charge < -0.3 is 9.30 Å². The standard InChI is InChI=1S/C14H20ClNO4S/c1-2-7-16-10-12(21(15,18)19)9-13(16)14(17)20-8-6-11-4-3-5-11/h9-11H,2-8H2,1H3. The molecule has 1 saturated carbocycles. The third kappa shape index (κ3) is 4.23. The lowest BCUT2D eigenvalue weighted by molar-refractivity contribution is 0.0452. The van der Waals surface area contributed by atoms with Crippen molar-refractivity contribution in [3.05, 3.63) is 18.0 Å². The SMILES string of the molecule is CCCn1cc(S(=O)(=O)Cl)cc1C(=O)OCCC1CCC1. The van der Waals surface area contributed by atoms with Crippen molar-refractivity contribution in [3.8, 4) is 0 Å². The third-order valence-electron chi connectivity index (χ3n) is 3.81. The van der Waals surface area contributed by atoms with E-state index in [9.17, 15) is 13.2 Å². The maximum atomic E-state index is 12.1. The van der Waals surface area contributed by atoms with Crippen molar-refractivity contribution < 1.29 is 17.9 Å². The van der Waals surface area contributed by atoms with E-state index >= 15 is 0 Å². The van der Waals surface area contributed by atoms with E-state index in [0.717, 1.165) is 12.8 Å². The number of aryl methyl sites for hydroxylation is 1. The Labute approximate surface area is 129 Å². The molecule has 5 nitrogen and oxygen atoms in total. The zero-order chi connectivity index (χ0) is 15.5. The van der Waals surface area contributed by atoms with Gasteiger partial charge in [0.1, 0.15) is 10.6 Å². The summed E-state index contributed by atoms with van der Waals surface area (Å²) in [5.41, 5.74) is 0.240. The minimum absolute atomic E-state index is 0.0661. The van der Waals surface area contributed by atoms with Crippen LogP contribution in [-0.2, 0) is 20.3 Å². The molecule has 7 heteroatoms. The molecule has 1 fully saturated rings. The Kier molecular flexibility index (Phi) is 5.32. The van der Waals surface area contributed by atoms with E-state index in [1.165, 1.54) is 31.5 Å². The quantitative estimate of drug-likeness (QED) is 0.568. The fourth-order valence-corrected chi connectivity index (χ4v) is 3.15. The first-order valence-electron chi connectivity index (χ1n) is 7.23. The van der Waals surface area contributed by atoms with Crippen molar-refractivity contribution in [1.29, 1.82) is 0 Å². The molecule has 0 saturated heterocycles. The molecule has 0 atom stereocenters. The summed E-state index contributed by atoms with van der Waals surface area (Å²) in [6.07, 6.45) is 6.71. The fraction of sp³-hybridized carbons (Fsp3) is 0.643. The normalized spacial score (nSPS) is 15.7. The molecule has 2 rings (SSSR count). The molecule has 118 valence electrons. The largest absolute Gasteiger partial charge is 0.461 e. The van der Waals surface area contributed by atoms with Gasteiger partial charge in [0.05, 0.1) is 6.61 Å². The van der Waals surface area contributed by atoms with Crippen molar-refractivity contribution in [3.63, 3.8) is 0 Å². The van der Waals surface area contributed by atoms with Crippen LogP contribution in [0.4, 0.5) is 0 Å². The molecule has 0 unspecified atom stereocenters. The Morgan fingerprint density at radius 3 is 2.71 bits per heavy atom. The van der Waals surface area contributed by atoms with Crippen LogP contribution < -0.4 is 0 Å². The lowest BCUT2D eigenvalue weighted by atomic mass is 9.83. The molecule has 0 amide bonds. The van der Waals surface area contributed by atoms with Gasteiger partial charge in [-0.1, -0.05) is 26.2 Å². The highest BCUT2D eigenvalue weighted by Gasteiger charge is 2.22. The highest BCUT2D eigenvalue weighted by Crippen LogP contribution is 2.29. The second-order valence-corrected chi connectivity index (χ2v) is 7.98. The van der Waals surface area contributed by atoms with Gasteiger partial charge in [-0.25, -0.2) is 13.2 Å². The van der Waals surface area contributed by atoms with Gasteiger partial charge in [0.15, 0.2) is 0 Å². The topological polar surface area (TPSA) is 65.4 Å². The molecule has 0 spiro atoms. The van der Waals surface area contributed by atoms with E-state index < -0.39 is 15.0 Å². The minimum Gasteiger partial charge on any atom is -0.461 e. The molecule has 1 heterocycles. The maximum Gasteiger partial charge on any atom is 0.354 e. The van der Waals surface area contributed by atoms with E-state index in [2.05, 4.69) is 0 Å². The summed E-state index contributed by atoms with van der Waals surface area (Å²) in [7, 11) is 1.49. The molecule has 1 aliphatic carbocycles. The van der Waals surface area contributed by atoms with Crippen molar-refractivity contribution >= 4 is 25.7 Å². The van der Waals surface area contributed by atoms with Crippen molar-refractivity contribution in [2.45, 2.75) is 50.5 Å². The third-order valence-corrected chi connectivity index (χ3v) is 5.13. The Balaban J connectivity index is 2.04. The van der Waals surface area contributed by atoms with Gasteiger partial charge in [-0.05, 0) is 24.8 Å². The molecule has 0 bridgehead atoms. The molecule has 1 aromatic heterocycles. The minimum atomic E-state index is -3.84. The number of hydrogen-bond donors (Lipinski definition) is 0. The van der Waals surface area contributed by atoms with Crippen LogP contribution in [-0.4, -0.2) is 25.6 Å². The first kappa shape index (κ1) is 16.4. The zero-order valence-corrected chi connectivity index (χ0v) is 13.6. The average molecular weight is 334 g/mol. The fourth-order valence-electron chi connectivity index (χ4n) is 2.39. The van der Waals surface area contributed by atoms with Gasteiger partial charge in [0.25, 0.3) is 9.05 Å². The molecule has 0 aliphatic heterocycles. The van der Waals surface area contributed by atoms with Gasteiger partial charge >= 0.3 is 5.97 Å². The summed E-state index contributed by atoms with van der Waals surface area (Å²) in [4.78, 5) is 12.0. The second-order valence-electron chi connectivity index (χ2n) is 5.41. The number of carbonyl (C=O) groups is 1. The van der Waals surface area contributed by atoms with Crippen LogP contribution in [0.25, 0.3) is 0 Å². The van der Waals surface area contributed by atoms with E-state index in [4.69, 9.17) is 15.4 Å². The van der Waals surface area contributed by atoms with Crippen molar-refractivity contribution in [2.24, 2.45) is 5.92 Å². The lowest BCUT2D eigenvalue weighted by Crippen LogP contribution is -2.17. The summed E-state index contributed by atoms with van der Waals surface area (Å²) in [5.74, 6) is 0.174. The van der Waals surface area contributed by atoms with Crippen LogP contribution in [0.3, 0.4) is 0 Å².